The minimum Gasteiger partial charge on any atom is -0.480 e. The van der Waals surface area contributed by atoms with Crippen LogP contribution in [0.1, 0.15) is 44.1 Å². The molecule has 12 N–H and O–H groups in total. The molecule has 1 rings (SSSR count). The topological polar surface area (TPSA) is 273 Å². The van der Waals surface area contributed by atoms with Crippen molar-refractivity contribution in [1.29, 1.82) is 0 Å². The van der Waals surface area contributed by atoms with E-state index >= 15 is 0 Å². The quantitative estimate of drug-likeness (QED) is 0.0418. The molecule has 1 aromatic carbocycles. The fraction of sp³-hybridized carbons (Fsp3) is 0.567. The Bertz CT molecular complexity index is 1170. The van der Waals surface area contributed by atoms with Crippen LogP contribution in [0.4, 0.5) is 4.39 Å². The fourth-order valence-electron chi connectivity index (χ4n) is 4.22. The Morgan fingerprint density at radius 1 is 0.766 bits per heavy atom. The number of hydrogen-bond donors (Lipinski definition) is 9. The van der Waals surface area contributed by atoms with Gasteiger partial charge in [0.15, 0.2) is 0 Å². The average molecular weight is 666 g/mol. The van der Waals surface area contributed by atoms with Gasteiger partial charge < -0.3 is 48.9 Å². The molecule has 5 amide bonds. The lowest BCUT2D eigenvalue weighted by Gasteiger charge is -2.21. The lowest BCUT2D eigenvalue weighted by molar-refractivity contribution is -0.142. The molecular weight excluding hydrogens is 617 g/mol. The summed E-state index contributed by atoms with van der Waals surface area (Å²) in [5, 5.41) is 21.6. The lowest BCUT2D eigenvalue weighted by atomic mass is 10.1. The van der Waals surface area contributed by atoms with Crippen LogP contribution in [0.5, 0.6) is 0 Å². The maximum absolute atomic E-state index is 13.1. The van der Waals surface area contributed by atoms with Crippen molar-refractivity contribution < 1.29 is 38.3 Å². The van der Waals surface area contributed by atoms with Crippen molar-refractivity contribution in [1.82, 2.24) is 26.6 Å². The molecule has 47 heavy (non-hydrogen) atoms. The SMILES string of the molecule is NCCCC[C@H](NC(=O)CNC(=O)[C@H](Cc1ccccc1)NC(=O)CNC(=O)[C@H](CCCCN)NC(=O)C(N)C=NCCF)C(=O)O. The molecule has 0 aromatic heterocycles. The van der Waals surface area contributed by atoms with Crippen LogP contribution in [0.15, 0.2) is 35.3 Å². The zero-order valence-electron chi connectivity index (χ0n) is 26.4. The van der Waals surface area contributed by atoms with E-state index in [4.69, 9.17) is 17.2 Å². The summed E-state index contributed by atoms with van der Waals surface area (Å²) in [6.45, 7) is -1.22. The number of aliphatic imine (C=N–C) groups is 1. The number of carbonyl (C=O) groups excluding carboxylic acids is 5. The number of carboxylic acids is 1. The lowest BCUT2D eigenvalue weighted by Crippen LogP contribution is -2.55. The minimum absolute atomic E-state index is 0.0461. The minimum atomic E-state index is -1.22. The molecule has 1 unspecified atom stereocenters. The van der Waals surface area contributed by atoms with Crippen LogP contribution in [0.3, 0.4) is 0 Å². The molecular formula is C30H48FN9O7. The molecule has 16 nitrogen and oxygen atoms in total. The standard InChI is InChI=1S/C30H48FN9O7/c31-12-15-35-17-21(34)27(43)40-22(10-4-6-13-32)28(44)36-19-26(42)39-24(16-20-8-2-1-3-9-20)29(45)37-18-25(41)38-23(30(46)47)11-5-7-14-33/h1-3,8-9,17,21-24H,4-7,10-16,18-19,32-34H2,(H,36,44)(H,37,45)(H,38,41)(H,39,42)(H,40,43)(H,46,47)/t21?,22-,23-,24-/m0/s1. The Morgan fingerprint density at radius 3 is 1.83 bits per heavy atom. The molecule has 17 heteroatoms. The highest BCUT2D eigenvalue weighted by Gasteiger charge is 2.26. The molecule has 0 saturated heterocycles. The first-order valence-electron chi connectivity index (χ1n) is 15.4. The van der Waals surface area contributed by atoms with Gasteiger partial charge in [-0.3, -0.25) is 29.0 Å². The van der Waals surface area contributed by atoms with E-state index in [1.54, 1.807) is 30.3 Å². The van der Waals surface area contributed by atoms with E-state index < -0.39 is 79.4 Å². The largest absolute Gasteiger partial charge is 0.480 e. The number of benzene rings is 1. The first-order chi connectivity index (χ1) is 22.5. The van der Waals surface area contributed by atoms with Crippen LogP contribution in [0.2, 0.25) is 0 Å². The Kier molecular flexibility index (Phi) is 20.5. The van der Waals surface area contributed by atoms with Crippen LogP contribution in [0, 0.1) is 0 Å². The van der Waals surface area contributed by atoms with Crippen molar-refractivity contribution >= 4 is 41.7 Å². The van der Waals surface area contributed by atoms with Gasteiger partial charge >= 0.3 is 5.97 Å². The Hall–Kier alpha value is -4.48. The van der Waals surface area contributed by atoms with Crippen molar-refractivity contribution in [3.63, 3.8) is 0 Å². The van der Waals surface area contributed by atoms with E-state index in [-0.39, 0.29) is 25.8 Å². The fourth-order valence-corrected chi connectivity index (χ4v) is 4.22. The number of amides is 5. The van der Waals surface area contributed by atoms with Gasteiger partial charge in [0, 0.05) is 12.6 Å². The summed E-state index contributed by atoms with van der Waals surface area (Å²) in [7, 11) is 0. The normalized spacial score (nSPS) is 13.5. The summed E-state index contributed by atoms with van der Waals surface area (Å²) in [5.74, 6) is -4.80. The van der Waals surface area contributed by atoms with Crippen molar-refractivity contribution in [3.05, 3.63) is 35.9 Å². The number of alkyl halides is 1. The van der Waals surface area contributed by atoms with Crippen molar-refractivity contribution in [2.24, 2.45) is 22.2 Å². The smallest absolute Gasteiger partial charge is 0.326 e. The van der Waals surface area contributed by atoms with Gasteiger partial charge in [0.05, 0.1) is 19.6 Å². The predicted molar refractivity (Wildman–Crippen MR) is 173 cm³/mol. The maximum Gasteiger partial charge on any atom is 0.326 e. The number of nitrogens with one attached hydrogen (secondary N) is 5. The van der Waals surface area contributed by atoms with E-state index in [0.717, 1.165) is 6.21 Å². The summed E-state index contributed by atoms with van der Waals surface area (Å²) < 4.78 is 12.3. The molecule has 4 atom stereocenters. The molecule has 0 radical (unpaired) electrons. The Balaban J connectivity index is 2.86. The molecule has 0 bridgehead atoms. The molecule has 0 heterocycles. The number of nitrogens with two attached hydrogens (primary N) is 3. The zero-order chi connectivity index (χ0) is 35.0. The van der Waals surface area contributed by atoms with Crippen LogP contribution < -0.4 is 43.8 Å². The number of nitrogens with zero attached hydrogens (tertiary/aromatic N) is 1. The van der Waals surface area contributed by atoms with Crippen LogP contribution in [0.25, 0.3) is 0 Å². The summed E-state index contributed by atoms with van der Waals surface area (Å²) in [4.78, 5) is 78.9. The highest BCUT2D eigenvalue weighted by Crippen LogP contribution is 2.05. The van der Waals surface area contributed by atoms with E-state index in [1.807, 2.05) is 0 Å². The van der Waals surface area contributed by atoms with Crippen LogP contribution >= 0.6 is 0 Å². The van der Waals surface area contributed by atoms with Gasteiger partial charge in [-0.2, -0.15) is 0 Å². The number of carbonyl (C=O) groups is 6. The van der Waals surface area contributed by atoms with Crippen LogP contribution in [-0.2, 0) is 35.2 Å². The van der Waals surface area contributed by atoms with Crippen molar-refractivity contribution in [2.75, 3.05) is 39.4 Å². The monoisotopic (exact) mass is 665 g/mol. The second-order valence-corrected chi connectivity index (χ2v) is 10.6. The summed E-state index contributed by atoms with van der Waals surface area (Å²) in [6.07, 6.45) is 3.63. The third-order valence-electron chi connectivity index (χ3n) is 6.72. The molecule has 262 valence electrons. The van der Waals surface area contributed by atoms with Gasteiger partial charge in [0.25, 0.3) is 0 Å². The molecule has 0 aliphatic heterocycles. The summed E-state index contributed by atoms with van der Waals surface area (Å²) in [5.41, 5.74) is 17.4. The summed E-state index contributed by atoms with van der Waals surface area (Å²) in [6, 6.07) is 4.15. The van der Waals surface area contributed by atoms with Gasteiger partial charge in [-0.05, 0) is 57.2 Å². The van der Waals surface area contributed by atoms with Gasteiger partial charge in [-0.1, -0.05) is 30.3 Å². The van der Waals surface area contributed by atoms with Gasteiger partial charge in [-0.15, -0.1) is 0 Å². The van der Waals surface area contributed by atoms with E-state index in [2.05, 4.69) is 31.6 Å². The number of aliphatic carboxylic acids is 1. The first kappa shape index (κ1) is 40.5. The number of unbranched alkanes of at least 4 members (excludes halogenated alkanes) is 2. The average Bonchev–Trinajstić information content (AvgIpc) is 3.05. The second kappa shape index (κ2) is 23.8. The number of carboxylic acid groups (broad SMARTS) is 1. The molecule has 0 saturated carbocycles. The van der Waals surface area contributed by atoms with Crippen molar-refractivity contribution in [3.8, 4) is 0 Å². The van der Waals surface area contributed by atoms with Gasteiger partial charge in [-0.25, -0.2) is 9.18 Å². The predicted octanol–water partition coefficient (Wildman–Crippen LogP) is -2.37. The summed E-state index contributed by atoms with van der Waals surface area (Å²) >= 11 is 0. The van der Waals surface area contributed by atoms with E-state index in [0.29, 0.717) is 44.3 Å². The Labute approximate surface area is 273 Å². The molecule has 0 spiro atoms. The third-order valence-corrected chi connectivity index (χ3v) is 6.72. The molecule has 0 fully saturated rings. The first-order valence-corrected chi connectivity index (χ1v) is 15.4. The number of hydrogen-bond acceptors (Lipinski definition) is 10. The highest BCUT2D eigenvalue weighted by molar-refractivity contribution is 6.00. The maximum atomic E-state index is 13.1. The van der Waals surface area contributed by atoms with E-state index in [1.165, 1.54) is 0 Å². The van der Waals surface area contributed by atoms with Gasteiger partial charge in [0.2, 0.25) is 29.5 Å². The van der Waals surface area contributed by atoms with Crippen molar-refractivity contribution in [2.45, 2.75) is 69.1 Å². The Morgan fingerprint density at radius 2 is 1.30 bits per heavy atom. The zero-order valence-corrected chi connectivity index (χ0v) is 26.4. The van der Waals surface area contributed by atoms with Crippen LogP contribution in [-0.4, -0.2) is 110 Å². The molecule has 0 aliphatic rings. The molecule has 1 aromatic rings. The number of rotatable bonds is 24. The van der Waals surface area contributed by atoms with Gasteiger partial charge in [0.1, 0.15) is 30.8 Å². The number of halogens is 1. The second-order valence-electron chi connectivity index (χ2n) is 10.6. The third kappa shape index (κ3) is 17.7. The highest BCUT2D eigenvalue weighted by atomic mass is 19.1. The van der Waals surface area contributed by atoms with E-state index in [9.17, 15) is 38.3 Å². The molecule has 0 aliphatic carbocycles.